The zero-order valence-corrected chi connectivity index (χ0v) is 21.4. The third kappa shape index (κ3) is 6.90. The first-order valence-corrected chi connectivity index (χ1v) is 12.9. The highest BCUT2D eigenvalue weighted by Gasteiger charge is 2.35. The molecule has 1 saturated heterocycles. The molecule has 2 aromatic rings. The highest BCUT2D eigenvalue weighted by atomic mass is 16.5. The van der Waals surface area contributed by atoms with Gasteiger partial charge in [0.25, 0.3) is 0 Å². The zero-order chi connectivity index (χ0) is 26.2. The number of nitrogens with zero attached hydrogens (tertiary/aromatic N) is 1. The second-order valence-corrected chi connectivity index (χ2v) is 9.56. The van der Waals surface area contributed by atoms with Crippen LogP contribution in [0.1, 0.15) is 54.4 Å². The lowest BCUT2D eigenvalue weighted by atomic mass is 9.86. The third-order valence-electron chi connectivity index (χ3n) is 7.06. The summed E-state index contributed by atoms with van der Waals surface area (Å²) < 4.78 is 17.7. The van der Waals surface area contributed by atoms with E-state index in [1.165, 1.54) is 4.90 Å². The summed E-state index contributed by atoms with van der Waals surface area (Å²) in [6.45, 7) is 5.46. The number of rotatable bonds is 11. The lowest BCUT2D eigenvalue weighted by Gasteiger charge is -2.39. The van der Waals surface area contributed by atoms with Gasteiger partial charge in [0.2, 0.25) is 5.91 Å². The van der Waals surface area contributed by atoms with Crippen molar-refractivity contribution in [2.24, 2.45) is 0 Å². The molecule has 0 aromatic heterocycles. The van der Waals surface area contributed by atoms with Crippen LogP contribution in [0.3, 0.4) is 0 Å². The van der Waals surface area contributed by atoms with E-state index in [4.69, 9.17) is 14.2 Å². The van der Waals surface area contributed by atoms with Crippen molar-refractivity contribution in [3.05, 3.63) is 71.8 Å². The van der Waals surface area contributed by atoms with Crippen molar-refractivity contribution in [1.29, 1.82) is 0 Å². The Morgan fingerprint density at radius 3 is 2.78 bits per heavy atom. The van der Waals surface area contributed by atoms with Gasteiger partial charge in [0.1, 0.15) is 12.4 Å². The van der Waals surface area contributed by atoms with E-state index in [1.807, 2.05) is 30.3 Å². The number of piperidine rings is 1. The second kappa shape index (κ2) is 12.7. The van der Waals surface area contributed by atoms with E-state index in [9.17, 15) is 14.7 Å². The Bertz CT molecular complexity index is 1090. The van der Waals surface area contributed by atoms with E-state index in [1.54, 1.807) is 13.2 Å². The number of likely N-dealkylation sites (tertiary alicyclic amines) is 1. The summed E-state index contributed by atoms with van der Waals surface area (Å²) >= 11 is 0. The van der Waals surface area contributed by atoms with Crippen LogP contribution in [0.5, 0.6) is 5.75 Å². The van der Waals surface area contributed by atoms with Crippen molar-refractivity contribution in [1.82, 2.24) is 4.90 Å². The fourth-order valence-electron chi connectivity index (χ4n) is 5.10. The summed E-state index contributed by atoms with van der Waals surface area (Å²) in [6, 6.07) is 14.0. The van der Waals surface area contributed by atoms with Crippen LogP contribution in [-0.2, 0) is 20.7 Å². The number of ether oxygens (including phenoxy) is 3. The lowest BCUT2D eigenvalue weighted by molar-refractivity contribution is -0.116. The predicted octanol–water partition coefficient (Wildman–Crippen LogP) is 5.16. The number of carbonyl (C=O) groups excluding carboxylic acids is 1. The van der Waals surface area contributed by atoms with Gasteiger partial charge in [-0.2, -0.15) is 0 Å². The van der Waals surface area contributed by atoms with Gasteiger partial charge in [-0.05, 0) is 60.6 Å². The van der Waals surface area contributed by atoms with Crippen LogP contribution in [-0.4, -0.2) is 61.5 Å². The molecular formula is C29H36N2O6. The van der Waals surface area contributed by atoms with Crippen molar-refractivity contribution >= 4 is 17.7 Å². The van der Waals surface area contributed by atoms with Gasteiger partial charge < -0.3 is 29.5 Å². The molecule has 198 valence electrons. The normalized spacial score (nSPS) is 20.0. The largest absolute Gasteiger partial charge is 0.490 e. The molecule has 1 fully saturated rings. The highest BCUT2D eigenvalue weighted by molar-refractivity contribution is 5.94. The molecular weight excluding hydrogens is 472 g/mol. The van der Waals surface area contributed by atoms with Gasteiger partial charge in [0.15, 0.2) is 0 Å². The number of anilines is 1. The van der Waals surface area contributed by atoms with Crippen molar-refractivity contribution in [2.75, 3.05) is 38.7 Å². The number of methoxy groups -OCH3 is 1. The third-order valence-corrected chi connectivity index (χ3v) is 7.06. The number of carboxylic acid groups (broad SMARTS) is 1. The molecule has 3 atom stereocenters. The van der Waals surface area contributed by atoms with E-state index >= 15 is 0 Å². The topological polar surface area (TPSA) is 97.3 Å². The SMILES string of the molecule is C=CCOc1ccc(C2CCN(C(=O)O)CC2OC(CCCOC)c2ccc3c(c2)NC(=O)CC3)cc1. The maximum Gasteiger partial charge on any atom is 0.407 e. The Morgan fingerprint density at radius 2 is 2.05 bits per heavy atom. The zero-order valence-electron chi connectivity index (χ0n) is 21.4. The minimum Gasteiger partial charge on any atom is -0.490 e. The Morgan fingerprint density at radius 1 is 1.24 bits per heavy atom. The number of hydrogen-bond acceptors (Lipinski definition) is 5. The molecule has 8 heteroatoms. The number of carbonyl (C=O) groups is 2. The standard InChI is InChI=1S/C29H36N2O6/c1-3-16-36-23-11-8-20(9-12-23)24-14-15-31(29(33)34)19-27(24)37-26(5-4-17-35-2)22-7-6-21-10-13-28(32)30-25(21)18-22/h3,6-9,11-12,18,24,26-27H,1,4-5,10,13-17,19H2,2H3,(H,30,32)(H,33,34). The van der Waals surface area contributed by atoms with Crippen molar-refractivity contribution in [3.8, 4) is 5.75 Å². The van der Waals surface area contributed by atoms with E-state index in [-0.39, 0.29) is 30.6 Å². The average Bonchev–Trinajstić information content (AvgIpc) is 2.91. The second-order valence-electron chi connectivity index (χ2n) is 9.56. The number of hydrogen-bond donors (Lipinski definition) is 2. The number of fused-ring (bicyclic) bond motifs is 1. The van der Waals surface area contributed by atoms with Crippen LogP contribution in [0.25, 0.3) is 0 Å². The van der Waals surface area contributed by atoms with Gasteiger partial charge in [-0.15, -0.1) is 0 Å². The molecule has 0 aliphatic carbocycles. The summed E-state index contributed by atoms with van der Waals surface area (Å²) in [5.74, 6) is 0.815. The number of amides is 2. The monoisotopic (exact) mass is 508 g/mol. The lowest BCUT2D eigenvalue weighted by Crippen LogP contribution is -2.46. The molecule has 0 spiro atoms. The quantitative estimate of drug-likeness (QED) is 0.322. The molecule has 2 aliphatic heterocycles. The minimum absolute atomic E-state index is 0.0199. The summed E-state index contributed by atoms with van der Waals surface area (Å²) in [6.07, 6.45) is 3.55. The fourth-order valence-corrected chi connectivity index (χ4v) is 5.10. The Kier molecular flexibility index (Phi) is 9.19. The van der Waals surface area contributed by atoms with Gasteiger partial charge in [0.05, 0.1) is 18.8 Å². The maximum atomic E-state index is 12.0. The van der Waals surface area contributed by atoms with Crippen molar-refractivity contribution in [3.63, 3.8) is 0 Å². The maximum absolute atomic E-state index is 12.0. The molecule has 3 unspecified atom stereocenters. The number of benzene rings is 2. The van der Waals surface area contributed by atoms with Gasteiger partial charge >= 0.3 is 6.09 Å². The van der Waals surface area contributed by atoms with E-state index < -0.39 is 6.09 Å². The Hall–Kier alpha value is -3.36. The summed E-state index contributed by atoms with van der Waals surface area (Å²) in [5.41, 5.74) is 4.01. The first-order chi connectivity index (χ1) is 18.0. The van der Waals surface area contributed by atoms with Crippen LogP contribution in [0.15, 0.2) is 55.1 Å². The molecule has 2 amide bonds. The van der Waals surface area contributed by atoms with Crippen molar-refractivity contribution < 1.29 is 28.9 Å². The smallest absolute Gasteiger partial charge is 0.407 e. The van der Waals surface area contributed by atoms with Crippen LogP contribution in [0, 0.1) is 0 Å². The highest BCUT2D eigenvalue weighted by Crippen LogP contribution is 2.37. The fraction of sp³-hybridized carbons (Fsp3) is 0.448. The summed E-state index contributed by atoms with van der Waals surface area (Å²) in [5, 5.41) is 12.7. The molecule has 0 radical (unpaired) electrons. The van der Waals surface area contributed by atoms with Gasteiger partial charge in [-0.3, -0.25) is 4.79 Å². The van der Waals surface area contributed by atoms with Gasteiger partial charge in [-0.25, -0.2) is 4.79 Å². The molecule has 2 aromatic carbocycles. The first-order valence-electron chi connectivity index (χ1n) is 12.9. The summed E-state index contributed by atoms with van der Waals surface area (Å²) in [7, 11) is 1.68. The molecule has 4 rings (SSSR count). The van der Waals surface area contributed by atoms with Crippen LogP contribution in [0.2, 0.25) is 0 Å². The van der Waals surface area contributed by atoms with Crippen LogP contribution >= 0.6 is 0 Å². The molecule has 2 N–H and O–H groups in total. The molecule has 0 bridgehead atoms. The van der Waals surface area contributed by atoms with Crippen LogP contribution in [0.4, 0.5) is 10.5 Å². The molecule has 2 heterocycles. The molecule has 37 heavy (non-hydrogen) atoms. The van der Waals surface area contributed by atoms with E-state index in [2.05, 4.69) is 24.0 Å². The molecule has 8 nitrogen and oxygen atoms in total. The minimum atomic E-state index is -0.937. The van der Waals surface area contributed by atoms with E-state index in [0.29, 0.717) is 39.0 Å². The Balaban J connectivity index is 1.59. The number of aryl methyl sites for hydroxylation is 1. The summed E-state index contributed by atoms with van der Waals surface area (Å²) in [4.78, 5) is 25.3. The van der Waals surface area contributed by atoms with Gasteiger partial charge in [-0.1, -0.05) is 36.9 Å². The van der Waals surface area contributed by atoms with Gasteiger partial charge in [0, 0.05) is 38.3 Å². The van der Waals surface area contributed by atoms with E-state index in [0.717, 1.165) is 41.0 Å². The molecule has 2 aliphatic rings. The average molecular weight is 509 g/mol. The Labute approximate surface area is 218 Å². The predicted molar refractivity (Wildman–Crippen MR) is 141 cm³/mol. The van der Waals surface area contributed by atoms with Crippen molar-refractivity contribution in [2.45, 2.75) is 50.2 Å². The molecule has 0 saturated carbocycles. The van der Waals surface area contributed by atoms with Crippen LogP contribution < -0.4 is 10.1 Å². The number of nitrogens with one attached hydrogen (secondary N) is 1. The first kappa shape index (κ1) is 26.7.